The van der Waals surface area contributed by atoms with Gasteiger partial charge in [-0.1, -0.05) is 50.7 Å². The Bertz CT molecular complexity index is 1340. The molecule has 35 heavy (non-hydrogen) atoms. The van der Waals surface area contributed by atoms with Crippen molar-refractivity contribution >= 4 is 27.8 Å². The van der Waals surface area contributed by atoms with Crippen LogP contribution in [0.3, 0.4) is 0 Å². The van der Waals surface area contributed by atoms with Gasteiger partial charge in [0.2, 0.25) is 5.91 Å². The molecule has 1 atom stereocenters. The van der Waals surface area contributed by atoms with Gasteiger partial charge in [-0.15, -0.1) is 0 Å². The molecule has 2 saturated carbocycles. The number of nitrogens with one attached hydrogen (secondary N) is 2. The zero-order valence-corrected chi connectivity index (χ0v) is 20.1. The third-order valence-electron chi connectivity index (χ3n) is 8.01. The zero-order chi connectivity index (χ0) is 23.8. The molecule has 1 unspecified atom stereocenters. The van der Waals surface area contributed by atoms with Crippen molar-refractivity contribution in [1.82, 2.24) is 19.9 Å². The molecule has 5 nitrogen and oxygen atoms in total. The van der Waals surface area contributed by atoms with Gasteiger partial charge in [0, 0.05) is 16.9 Å². The largest absolute Gasteiger partial charge is 0.352 e. The Morgan fingerprint density at radius 1 is 0.971 bits per heavy atom. The molecular formula is C29H33FN4O. The molecule has 0 saturated heterocycles. The SMILES string of the molecule is O=C(NC1CCCCC1)C(C1CCCCC1)n1c(-c2cc3cc(F)ccc3[nH]2)nc2ccccc21. The standard InChI is InChI=1S/C29H33FN4O/c30-21-15-16-23-20(17-21)18-25(32-23)28-33-24-13-7-8-14-26(24)34(28)27(19-9-3-1-4-10-19)29(35)31-22-11-5-2-6-12-22/h7-8,13-19,22,27,32H,1-6,9-12H2,(H,31,35). The van der Waals surface area contributed by atoms with Crippen LogP contribution in [0.4, 0.5) is 4.39 Å². The minimum Gasteiger partial charge on any atom is -0.352 e. The van der Waals surface area contributed by atoms with E-state index in [-0.39, 0.29) is 29.7 Å². The number of nitrogens with zero attached hydrogens (tertiary/aromatic N) is 2. The Morgan fingerprint density at radius 2 is 1.71 bits per heavy atom. The molecule has 6 rings (SSSR count). The van der Waals surface area contributed by atoms with Gasteiger partial charge in [0.05, 0.1) is 16.7 Å². The van der Waals surface area contributed by atoms with E-state index in [9.17, 15) is 9.18 Å². The van der Waals surface area contributed by atoms with Crippen LogP contribution in [0.15, 0.2) is 48.5 Å². The summed E-state index contributed by atoms with van der Waals surface area (Å²) in [5, 5.41) is 4.24. The first-order chi connectivity index (χ1) is 17.2. The number of benzene rings is 2. The summed E-state index contributed by atoms with van der Waals surface area (Å²) in [5.41, 5.74) is 3.52. The van der Waals surface area contributed by atoms with Gasteiger partial charge in [-0.2, -0.15) is 0 Å². The van der Waals surface area contributed by atoms with Crippen molar-refractivity contribution in [3.05, 3.63) is 54.3 Å². The van der Waals surface area contributed by atoms with Crippen LogP contribution in [0, 0.1) is 11.7 Å². The van der Waals surface area contributed by atoms with Gasteiger partial charge in [0.15, 0.2) is 5.82 Å². The van der Waals surface area contributed by atoms with Gasteiger partial charge in [-0.3, -0.25) is 4.79 Å². The minimum atomic E-state index is -0.317. The highest BCUT2D eigenvalue weighted by Gasteiger charge is 2.35. The van der Waals surface area contributed by atoms with Crippen molar-refractivity contribution in [3.63, 3.8) is 0 Å². The van der Waals surface area contributed by atoms with Crippen LogP contribution in [-0.4, -0.2) is 26.5 Å². The number of rotatable bonds is 5. The first kappa shape index (κ1) is 22.3. The molecule has 182 valence electrons. The summed E-state index contributed by atoms with van der Waals surface area (Å²) in [6.07, 6.45) is 11.4. The monoisotopic (exact) mass is 472 g/mol. The maximum absolute atomic E-state index is 14.0. The molecule has 0 aliphatic heterocycles. The predicted octanol–water partition coefficient (Wildman–Crippen LogP) is 6.89. The number of fused-ring (bicyclic) bond motifs is 2. The van der Waals surface area contributed by atoms with Gasteiger partial charge in [-0.25, -0.2) is 9.37 Å². The van der Waals surface area contributed by atoms with Crippen LogP contribution in [-0.2, 0) is 4.79 Å². The topological polar surface area (TPSA) is 62.7 Å². The van der Waals surface area contributed by atoms with Crippen molar-refractivity contribution in [2.45, 2.75) is 76.3 Å². The molecule has 2 aromatic carbocycles. The quantitative estimate of drug-likeness (QED) is 0.332. The van der Waals surface area contributed by atoms with Gasteiger partial charge in [-0.05, 0) is 68.0 Å². The maximum atomic E-state index is 14.0. The number of imidazole rings is 1. The highest BCUT2D eigenvalue weighted by atomic mass is 19.1. The average Bonchev–Trinajstić information content (AvgIpc) is 3.47. The third-order valence-corrected chi connectivity index (χ3v) is 8.01. The summed E-state index contributed by atoms with van der Waals surface area (Å²) in [6.45, 7) is 0. The molecule has 2 heterocycles. The molecular weight excluding hydrogens is 439 g/mol. The van der Waals surface area contributed by atoms with E-state index in [0.717, 1.165) is 72.0 Å². The number of H-pyrrole nitrogens is 1. The molecule has 6 heteroatoms. The highest BCUT2D eigenvalue weighted by molar-refractivity contribution is 5.90. The van der Waals surface area contributed by atoms with Crippen molar-refractivity contribution < 1.29 is 9.18 Å². The molecule has 0 bridgehead atoms. The highest BCUT2D eigenvalue weighted by Crippen LogP contribution is 2.39. The first-order valence-electron chi connectivity index (χ1n) is 13.2. The Labute approximate surface area is 205 Å². The van der Waals surface area contributed by atoms with Crippen LogP contribution >= 0.6 is 0 Å². The second-order valence-electron chi connectivity index (χ2n) is 10.4. The van der Waals surface area contributed by atoms with E-state index < -0.39 is 0 Å². The van der Waals surface area contributed by atoms with Gasteiger partial charge in [0.1, 0.15) is 11.9 Å². The van der Waals surface area contributed by atoms with Crippen LogP contribution in [0.5, 0.6) is 0 Å². The van der Waals surface area contributed by atoms with Crippen LogP contribution in [0.2, 0.25) is 0 Å². The van der Waals surface area contributed by atoms with Crippen molar-refractivity contribution in [3.8, 4) is 11.5 Å². The summed E-state index contributed by atoms with van der Waals surface area (Å²) >= 11 is 0. The predicted molar refractivity (Wildman–Crippen MR) is 138 cm³/mol. The molecule has 2 aliphatic carbocycles. The molecule has 2 aliphatic rings. The molecule has 4 aromatic rings. The Balaban J connectivity index is 1.48. The smallest absolute Gasteiger partial charge is 0.243 e. The van der Waals surface area contributed by atoms with E-state index in [1.54, 1.807) is 6.07 Å². The molecule has 2 N–H and O–H groups in total. The Hall–Kier alpha value is -3.15. The minimum absolute atomic E-state index is 0.121. The van der Waals surface area contributed by atoms with Gasteiger partial charge >= 0.3 is 0 Å². The maximum Gasteiger partial charge on any atom is 0.243 e. The number of carbonyl (C=O) groups is 1. The van der Waals surface area contributed by atoms with Gasteiger partial charge < -0.3 is 14.9 Å². The van der Waals surface area contributed by atoms with E-state index in [1.807, 2.05) is 24.3 Å². The lowest BCUT2D eigenvalue weighted by Crippen LogP contribution is -2.43. The lowest BCUT2D eigenvalue weighted by atomic mass is 9.82. The summed E-state index contributed by atoms with van der Waals surface area (Å²) < 4.78 is 16.1. The summed E-state index contributed by atoms with van der Waals surface area (Å²) in [4.78, 5) is 22.5. The third kappa shape index (κ3) is 4.35. The number of amides is 1. The fraction of sp³-hybridized carbons (Fsp3) is 0.448. The van der Waals surface area contributed by atoms with E-state index in [4.69, 9.17) is 4.98 Å². The van der Waals surface area contributed by atoms with Crippen LogP contribution < -0.4 is 5.32 Å². The van der Waals surface area contributed by atoms with E-state index in [0.29, 0.717) is 0 Å². The van der Waals surface area contributed by atoms with E-state index in [1.165, 1.54) is 37.8 Å². The number of carbonyl (C=O) groups excluding carboxylic acids is 1. The Kier molecular flexibility index (Phi) is 6.05. The van der Waals surface area contributed by atoms with E-state index in [2.05, 4.69) is 20.9 Å². The van der Waals surface area contributed by atoms with Crippen LogP contribution in [0.1, 0.15) is 70.3 Å². The normalized spacial score (nSPS) is 18.8. The van der Waals surface area contributed by atoms with Crippen LogP contribution in [0.25, 0.3) is 33.5 Å². The second kappa shape index (κ2) is 9.48. The number of hydrogen-bond acceptors (Lipinski definition) is 2. The van der Waals surface area contributed by atoms with Crippen molar-refractivity contribution in [2.24, 2.45) is 5.92 Å². The second-order valence-corrected chi connectivity index (χ2v) is 10.4. The van der Waals surface area contributed by atoms with Gasteiger partial charge in [0.25, 0.3) is 0 Å². The lowest BCUT2D eigenvalue weighted by molar-refractivity contribution is -0.127. The zero-order valence-electron chi connectivity index (χ0n) is 20.1. The van der Waals surface area contributed by atoms with E-state index >= 15 is 0 Å². The fourth-order valence-electron chi connectivity index (χ4n) is 6.27. The Morgan fingerprint density at radius 3 is 2.51 bits per heavy atom. The number of hydrogen-bond donors (Lipinski definition) is 2. The molecule has 2 aromatic heterocycles. The fourth-order valence-corrected chi connectivity index (χ4v) is 6.27. The summed E-state index contributed by atoms with van der Waals surface area (Å²) in [6, 6.07) is 14.7. The lowest BCUT2D eigenvalue weighted by Gasteiger charge is -2.33. The first-order valence-corrected chi connectivity index (χ1v) is 13.2. The molecule has 0 spiro atoms. The van der Waals surface area contributed by atoms with Crippen molar-refractivity contribution in [2.75, 3.05) is 0 Å². The summed E-state index contributed by atoms with van der Waals surface area (Å²) in [7, 11) is 0. The average molecular weight is 473 g/mol. The molecule has 2 fully saturated rings. The molecule has 1 amide bonds. The summed E-state index contributed by atoms with van der Waals surface area (Å²) in [5.74, 6) is 0.876. The number of para-hydroxylation sites is 2. The molecule has 0 radical (unpaired) electrons. The van der Waals surface area contributed by atoms with Crippen molar-refractivity contribution in [1.29, 1.82) is 0 Å². The number of aromatic amines is 1. The number of aromatic nitrogens is 3. The number of halogens is 1.